The second kappa shape index (κ2) is 7.87. The van der Waals surface area contributed by atoms with Crippen LogP contribution in [0.15, 0.2) is 17.8 Å². The number of aryl methyl sites for hydroxylation is 1. The molecule has 0 aliphatic heterocycles. The maximum Gasteiger partial charge on any atom is 0.235 e. The first-order chi connectivity index (χ1) is 13.2. The van der Waals surface area contributed by atoms with Gasteiger partial charge in [0.1, 0.15) is 16.9 Å². The minimum Gasteiger partial charge on any atom is -0.316 e. The number of carbonyl (C=O) groups excluding carboxylic acids is 1. The quantitative estimate of drug-likeness (QED) is 0.564. The average molecular weight is 400 g/mol. The van der Waals surface area contributed by atoms with Crippen LogP contribution in [-0.2, 0) is 24.2 Å². The summed E-state index contributed by atoms with van der Waals surface area (Å²) in [6.07, 6.45) is 8.35. The zero-order valence-corrected chi connectivity index (χ0v) is 16.7. The fraction of sp³-hybridized carbons (Fsp3) is 0.474. The largest absolute Gasteiger partial charge is 0.316 e. The predicted molar refractivity (Wildman–Crippen MR) is 107 cm³/mol. The van der Waals surface area contributed by atoms with Crippen molar-refractivity contribution in [3.63, 3.8) is 0 Å². The number of amides is 1. The molecule has 1 fully saturated rings. The molecule has 1 amide bonds. The molecule has 0 spiro atoms. The summed E-state index contributed by atoms with van der Waals surface area (Å²) in [6.45, 7) is 4.46. The Hall–Kier alpha value is -2.11. The number of anilines is 1. The fourth-order valence-electron chi connectivity index (χ4n) is 3.42. The highest BCUT2D eigenvalue weighted by Crippen LogP contribution is 2.40. The van der Waals surface area contributed by atoms with Crippen LogP contribution >= 0.6 is 23.1 Å². The summed E-state index contributed by atoms with van der Waals surface area (Å²) >= 11 is 2.93. The molecule has 140 valence electrons. The number of carbonyl (C=O) groups is 1. The summed E-state index contributed by atoms with van der Waals surface area (Å²) in [5, 5.41) is 22.5. The second-order valence-electron chi connectivity index (χ2n) is 6.88. The molecule has 0 aromatic carbocycles. The molecule has 0 radical (unpaired) electrons. The van der Waals surface area contributed by atoms with E-state index in [1.165, 1.54) is 16.6 Å². The normalized spacial score (nSPS) is 15.8. The number of nitrogens with zero attached hydrogens (tertiary/aromatic N) is 4. The molecule has 1 saturated carbocycles. The van der Waals surface area contributed by atoms with Crippen molar-refractivity contribution in [1.29, 1.82) is 5.26 Å². The minimum atomic E-state index is -0.115. The van der Waals surface area contributed by atoms with Gasteiger partial charge in [0.2, 0.25) is 5.91 Å². The molecule has 2 aliphatic rings. The summed E-state index contributed by atoms with van der Waals surface area (Å²) in [4.78, 5) is 13.7. The van der Waals surface area contributed by atoms with Crippen LogP contribution in [0.25, 0.3) is 0 Å². The second-order valence-corrected chi connectivity index (χ2v) is 8.93. The Kier molecular flexibility index (Phi) is 5.32. The summed E-state index contributed by atoms with van der Waals surface area (Å²) in [5.74, 6) is 1.62. The Morgan fingerprint density at radius 2 is 2.22 bits per heavy atom. The first-order valence-corrected chi connectivity index (χ1v) is 11.0. The van der Waals surface area contributed by atoms with Gasteiger partial charge in [-0.15, -0.1) is 28.1 Å². The van der Waals surface area contributed by atoms with Crippen LogP contribution in [-0.4, -0.2) is 26.4 Å². The third-order valence-electron chi connectivity index (χ3n) is 4.87. The maximum atomic E-state index is 12.5. The Balaban J connectivity index is 1.43. The molecule has 0 saturated heterocycles. The highest BCUT2D eigenvalue weighted by molar-refractivity contribution is 7.99. The third kappa shape index (κ3) is 3.80. The van der Waals surface area contributed by atoms with Gasteiger partial charge in [-0.1, -0.05) is 17.8 Å². The number of thiophene rings is 1. The Morgan fingerprint density at radius 3 is 2.96 bits per heavy atom. The van der Waals surface area contributed by atoms with E-state index in [2.05, 4.69) is 28.2 Å². The lowest BCUT2D eigenvalue weighted by atomic mass is 9.96. The highest BCUT2D eigenvalue weighted by Gasteiger charge is 2.30. The first kappa shape index (κ1) is 18.3. The third-order valence-corrected chi connectivity index (χ3v) is 7.04. The molecule has 0 bridgehead atoms. The molecule has 0 unspecified atom stereocenters. The number of aromatic nitrogens is 3. The van der Waals surface area contributed by atoms with Gasteiger partial charge in [0.15, 0.2) is 5.16 Å². The zero-order valence-electron chi connectivity index (χ0n) is 15.0. The lowest BCUT2D eigenvalue weighted by Crippen LogP contribution is -2.14. The van der Waals surface area contributed by atoms with Gasteiger partial charge < -0.3 is 9.88 Å². The highest BCUT2D eigenvalue weighted by atomic mass is 32.2. The standard InChI is InChI=1S/C19H21N5OS2/c1-2-9-24-17(12-7-8-12)22-23-19(24)26-11-16(25)21-18-14(10-20)13-5-3-4-6-15(13)27-18/h2,12H,1,3-9,11H2,(H,21,25). The van der Waals surface area contributed by atoms with Crippen LogP contribution in [0.1, 0.15) is 53.4 Å². The van der Waals surface area contributed by atoms with Crippen molar-refractivity contribution in [3.8, 4) is 6.07 Å². The van der Waals surface area contributed by atoms with Crippen LogP contribution in [0, 0.1) is 11.3 Å². The van der Waals surface area contributed by atoms with E-state index in [4.69, 9.17) is 0 Å². The zero-order chi connectivity index (χ0) is 18.8. The van der Waals surface area contributed by atoms with E-state index in [0.717, 1.165) is 55.1 Å². The van der Waals surface area contributed by atoms with E-state index in [0.29, 0.717) is 23.0 Å². The molecule has 8 heteroatoms. The predicted octanol–water partition coefficient (Wildman–Crippen LogP) is 3.88. The molecule has 27 heavy (non-hydrogen) atoms. The van der Waals surface area contributed by atoms with Crippen LogP contribution in [0.5, 0.6) is 0 Å². The SMILES string of the molecule is C=CCn1c(SCC(=O)Nc2sc3c(c2C#N)CCCC3)nnc1C1CC1. The molecular weight excluding hydrogens is 378 g/mol. The number of thioether (sulfide) groups is 1. The summed E-state index contributed by atoms with van der Waals surface area (Å²) < 4.78 is 2.05. The number of allylic oxidation sites excluding steroid dienone is 1. The van der Waals surface area contributed by atoms with Gasteiger partial charge in [0, 0.05) is 17.3 Å². The van der Waals surface area contributed by atoms with Crippen molar-refractivity contribution in [3.05, 3.63) is 34.5 Å². The molecule has 4 rings (SSSR count). The minimum absolute atomic E-state index is 0.115. The van der Waals surface area contributed by atoms with Crippen molar-refractivity contribution in [2.75, 3.05) is 11.1 Å². The number of nitriles is 1. The lowest BCUT2D eigenvalue weighted by molar-refractivity contribution is -0.113. The van der Waals surface area contributed by atoms with Crippen molar-refractivity contribution in [1.82, 2.24) is 14.8 Å². The molecule has 2 aromatic rings. The van der Waals surface area contributed by atoms with Crippen molar-refractivity contribution < 1.29 is 4.79 Å². The van der Waals surface area contributed by atoms with Gasteiger partial charge in [-0.25, -0.2) is 0 Å². The van der Waals surface area contributed by atoms with Crippen molar-refractivity contribution in [2.45, 2.75) is 56.1 Å². The summed E-state index contributed by atoms with van der Waals surface area (Å²) in [5.41, 5.74) is 1.79. The molecule has 6 nitrogen and oxygen atoms in total. The molecule has 2 heterocycles. The topological polar surface area (TPSA) is 83.6 Å². The number of rotatable bonds is 7. The van der Waals surface area contributed by atoms with Gasteiger partial charge in [0.25, 0.3) is 0 Å². The van der Waals surface area contributed by atoms with Gasteiger partial charge >= 0.3 is 0 Å². The molecule has 1 N–H and O–H groups in total. The van der Waals surface area contributed by atoms with Gasteiger partial charge in [-0.2, -0.15) is 5.26 Å². The van der Waals surface area contributed by atoms with E-state index >= 15 is 0 Å². The van der Waals surface area contributed by atoms with Crippen LogP contribution in [0.4, 0.5) is 5.00 Å². The summed E-state index contributed by atoms with van der Waals surface area (Å²) in [7, 11) is 0. The maximum absolute atomic E-state index is 12.5. The number of hydrogen-bond donors (Lipinski definition) is 1. The van der Waals surface area contributed by atoms with Gasteiger partial charge in [-0.05, 0) is 44.1 Å². The number of nitrogens with one attached hydrogen (secondary N) is 1. The van der Waals surface area contributed by atoms with Gasteiger partial charge in [-0.3, -0.25) is 4.79 Å². The van der Waals surface area contributed by atoms with Crippen LogP contribution < -0.4 is 5.32 Å². The van der Waals surface area contributed by atoms with E-state index in [-0.39, 0.29) is 11.7 Å². The Labute approximate surface area is 166 Å². The fourth-order valence-corrected chi connectivity index (χ4v) is 5.43. The smallest absolute Gasteiger partial charge is 0.235 e. The summed E-state index contributed by atoms with van der Waals surface area (Å²) in [6, 6.07) is 2.28. The van der Waals surface area contributed by atoms with Crippen LogP contribution in [0.3, 0.4) is 0 Å². The average Bonchev–Trinajstić information content (AvgIpc) is 3.34. The first-order valence-electron chi connectivity index (χ1n) is 9.22. The van der Waals surface area contributed by atoms with Crippen molar-refractivity contribution >= 4 is 34.0 Å². The monoisotopic (exact) mass is 399 g/mol. The lowest BCUT2D eigenvalue weighted by Gasteiger charge is -2.09. The molecule has 2 aliphatic carbocycles. The Bertz CT molecular complexity index is 919. The van der Waals surface area contributed by atoms with Gasteiger partial charge in [0.05, 0.1) is 11.3 Å². The molecule has 2 aromatic heterocycles. The van der Waals surface area contributed by atoms with Crippen LogP contribution in [0.2, 0.25) is 0 Å². The molecular formula is C19H21N5OS2. The van der Waals surface area contributed by atoms with E-state index in [9.17, 15) is 10.1 Å². The molecule has 0 atom stereocenters. The van der Waals surface area contributed by atoms with E-state index < -0.39 is 0 Å². The Morgan fingerprint density at radius 1 is 1.41 bits per heavy atom. The number of fused-ring (bicyclic) bond motifs is 1. The van der Waals surface area contributed by atoms with E-state index in [1.54, 1.807) is 11.3 Å². The van der Waals surface area contributed by atoms with Crippen molar-refractivity contribution in [2.24, 2.45) is 0 Å². The van der Waals surface area contributed by atoms with E-state index in [1.807, 2.05) is 10.6 Å². The number of hydrogen-bond acceptors (Lipinski definition) is 6.